The van der Waals surface area contributed by atoms with E-state index < -0.39 is 0 Å². The molecular formula is C14H17ClN2O2. The van der Waals surface area contributed by atoms with Crippen LogP contribution in [0.25, 0.3) is 11.0 Å². The highest BCUT2D eigenvalue weighted by Gasteiger charge is 2.22. The van der Waals surface area contributed by atoms with Gasteiger partial charge in [0.1, 0.15) is 5.58 Å². The third kappa shape index (κ3) is 2.60. The molecule has 2 aromatic rings. The molecule has 3 rings (SSSR count). The lowest BCUT2D eigenvalue weighted by Crippen LogP contribution is -2.36. The lowest BCUT2D eigenvalue weighted by molar-refractivity contribution is 0.0913. The molecular weight excluding hydrogens is 264 g/mol. The Hall–Kier alpha value is -1.52. The number of halogens is 1. The first-order valence-electron chi connectivity index (χ1n) is 6.25. The molecule has 0 radical (unpaired) electrons. The fraction of sp³-hybridized carbons (Fsp3) is 0.357. The number of nitrogens with one attached hydrogen (secondary N) is 2. The Labute approximate surface area is 118 Å². The predicted octanol–water partition coefficient (Wildman–Crippen LogP) is 2.25. The van der Waals surface area contributed by atoms with Crippen molar-refractivity contribution in [2.24, 2.45) is 0 Å². The van der Waals surface area contributed by atoms with Gasteiger partial charge >= 0.3 is 0 Å². The fourth-order valence-electron chi connectivity index (χ4n) is 2.42. The van der Waals surface area contributed by atoms with E-state index in [4.69, 9.17) is 4.42 Å². The molecule has 1 amide bonds. The summed E-state index contributed by atoms with van der Waals surface area (Å²) in [4.78, 5) is 12.2. The van der Waals surface area contributed by atoms with E-state index in [1.807, 2.05) is 31.2 Å². The van der Waals surface area contributed by atoms with Crippen LogP contribution in [0.15, 0.2) is 28.7 Å². The third-order valence-electron chi connectivity index (χ3n) is 3.45. The van der Waals surface area contributed by atoms with Gasteiger partial charge in [-0.15, -0.1) is 12.4 Å². The van der Waals surface area contributed by atoms with E-state index in [1.165, 1.54) is 0 Å². The number of carbonyl (C=O) groups is 1. The van der Waals surface area contributed by atoms with Gasteiger partial charge in [0.05, 0.1) is 0 Å². The summed E-state index contributed by atoms with van der Waals surface area (Å²) in [6, 6.07) is 7.93. The molecule has 0 bridgehead atoms. The number of rotatable bonds is 2. The Kier molecular flexibility index (Phi) is 4.12. The van der Waals surface area contributed by atoms with E-state index in [0.717, 1.165) is 36.0 Å². The average Bonchev–Trinajstić information content (AvgIpc) is 2.98. The molecule has 0 saturated carbocycles. The van der Waals surface area contributed by atoms with Crippen molar-refractivity contribution in [2.45, 2.75) is 19.4 Å². The zero-order chi connectivity index (χ0) is 12.5. The monoisotopic (exact) mass is 280 g/mol. The lowest BCUT2D eigenvalue weighted by Gasteiger charge is -2.09. The maximum atomic E-state index is 12.2. The van der Waals surface area contributed by atoms with Crippen molar-refractivity contribution in [3.8, 4) is 0 Å². The van der Waals surface area contributed by atoms with Crippen LogP contribution in [0.1, 0.15) is 22.5 Å². The first kappa shape index (κ1) is 13.9. The largest absolute Gasteiger partial charge is 0.451 e. The van der Waals surface area contributed by atoms with Crippen LogP contribution in [0.3, 0.4) is 0 Å². The molecule has 1 aromatic carbocycles. The van der Waals surface area contributed by atoms with Crippen molar-refractivity contribution in [3.63, 3.8) is 0 Å². The Morgan fingerprint density at radius 1 is 1.42 bits per heavy atom. The van der Waals surface area contributed by atoms with E-state index in [0.29, 0.717) is 5.76 Å². The number of fused-ring (bicyclic) bond motifs is 1. The van der Waals surface area contributed by atoms with Gasteiger partial charge in [-0.05, 0) is 26.0 Å². The van der Waals surface area contributed by atoms with Gasteiger partial charge in [0.2, 0.25) is 0 Å². The molecule has 1 aromatic heterocycles. The van der Waals surface area contributed by atoms with Gasteiger partial charge in [-0.2, -0.15) is 0 Å². The molecule has 5 heteroatoms. The van der Waals surface area contributed by atoms with E-state index in [2.05, 4.69) is 10.6 Å². The van der Waals surface area contributed by atoms with Crippen LogP contribution in [0.2, 0.25) is 0 Å². The van der Waals surface area contributed by atoms with E-state index in [-0.39, 0.29) is 24.4 Å². The highest BCUT2D eigenvalue weighted by atomic mass is 35.5. The van der Waals surface area contributed by atoms with Crippen LogP contribution in [-0.4, -0.2) is 25.0 Å². The van der Waals surface area contributed by atoms with Crippen molar-refractivity contribution in [2.75, 3.05) is 13.1 Å². The Morgan fingerprint density at radius 3 is 2.89 bits per heavy atom. The van der Waals surface area contributed by atoms with Crippen molar-refractivity contribution in [1.29, 1.82) is 0 Å². The van der Waals surface area contributed by atoms with Crippen LogP contribution < -0.4 is 10.6 Å². The molecule has 2 heterocycles. The third-order valence-corrected chi connectivity index (χ3v) is 3.45. The summed E-state index contributed by atoms with van der Waals surface area (Å²) in [6.45, 7) is 3.72. The molecule has 19 heavy (non-hydrogen) atoms. The van der Waals surface area contributed by atoms with Crippen LogP contribution in [0.5, 0.6) is 0 Å². The quantitative estimate of drug-likeness (QED) is 0.887. The van der Waals surface area contributed by atoms with Crippen molar-refractivity contribution in [1.82, 2.24) is 10.6 Å². The SMILES string of the molecule is Cc1c(C(=O)NC2CCNC2)oc2ccccc12.Cl. The molecule has 4 nitrogen and oxygen atoms in total. The summed E-state index contributed by atoms with van der Waals surface area (Å²) >= 11 is 0. The smallest absolute Gasteiger partial charge is 0.287 e. The number of benzene rings is 1. The number of amides is 1. The van der Waals surface area contributed by atoms with E-state index >= 15 is 0 Å². The topological polar surface area (TPSA) is 54.3 Å². The number of para-hydroxylation sites is 1. The summed E-state index contributed by atoms with van der Waals surface area (Å²) in [5, 5.41) is 7.23. The molecule has 1 saturated heterocycles. The first-order valence-corrected chi connectivity index (χ1v) is 6.25. The molecule has 1 aliphatic heterocycles. The minimum absolute atomic E-state index is 0. The molecule has 0 aliphatic carbocycles. The number of hydrogen-bond donors (Lipinski definition) is 2. The molecule has 2 N–H and O–H groups in total. The summed E-state index contributed by atoms with van der Waals surface area (Å²) in [7, 11) is 0. The van der Waals surface area contributed by atoms with Gasteiger partial charge in [0, 0.05) is 23.5 Å². The maximum absolute atomic E-state index is 12.2. The summed E-state index contributed by atoms with van der Waals surface area (Å²) in [5.41, 5.74) is 1.68. The minimum Gasteiger partial charge on any atom is -0.451 e. The van der Waals surface area contributed by atoms with Crippen LogP contribution in [0, 0.1) is 6.92 Å². The highest BCUT2D eigenvalue weighted by molar-refractivity contribution is 5.99. The average molecular weight is 281 g/mol. The van der Waals surface area contributed by atoms with Crippen LogP contribution >= 0.6 is 12.4 Å². The van der Waals surface area contributed by atoms with Gasteiger partial charge in [0.25, 0.3) is 5.91 Å². The van der Waals surface area contributed by atoms with Crippen LogP contribution in [0.4, 0.5) is 0 Å². The summed E-state index contributed by atoms with van der Waals surface area (Å²) < 4.78 is 5.64. The first-order chi connectivity index (χ1) is 8.75. The minimum atomic E-state index is -0.114. The Morgan fingerprint density at radius 2 is 2.21 bits per heavy atom. The Balaban J connectivity index is 0.00000133. The van der Waals surface area contributed by atoms with E-state index in [1.54, 1.807) is 0 Å². The van der Waals surface area contributed by atoms with Crippen molar-refractivity contribution < 1.29 is 9.21 Å². The van der Waals surface area contributed by atoms with Crippen molar-refractivity contribution >= 4 is 29.3 Å². The van der Waals surface area contributed by atoms with Gasteiger partial charge in [-0.1, -0.05) is 18.2 Å². The second kappa shape index (κ2) is 5.63. The predicted molar refractivity (Wildman–Crippen MR) is 76.9 cm³/mol. The number of carbonyl (C=O) groups excluding carboxylic acids is 1. The molecule has 102 valence electrons. The zero-order valence-electron chi connectivity index (χ0n) is 10.7. The van der Waals surface area contributed by atoms with Gasteiger partial charge in [0.15, 0.2) is 5.76 Å². The highest BCUT2D eigenvalue weighted by Crippen LogP contribution is 2.24. The second-order valence-electron chi connectivity index (χ2n) is 4.72. The Bertz CT molecular complexity index is 588. The van der Waals surface area contributed by atoms with Gasteiger partial charge in [-0.3, -0.25) is 4.79 Å². The summed E-state index contributed by atoms with van der Waals surface area (Å²) in [5.74, 6) is 0.320. The second-order valence-corrected chi connectivity index (χ2v) is 4.72. The number of hydrogen-bond acceptors (Lipinski definition) is 3. The van der Waals surface area contributed by atoms with Crippen molar-refractivity contribution in [3.05, 3.63) is 35.6 Å². The normalized spacial score (nSPS) is 18.3. The van der Waals surface area contributed by atoms with Crippen LogP contribution in [-0.2, 0) is 0 Å². The molecule has 0 spiro atoms. The number of furan rings is 1. The van der Waals surface area contributed by atoms with Gasteiger partial charge in [-0.25, -0.2) is 0 Å². The lowest BCUT2D eigenvalue weighted by atomic mass is 10.1. The number of aryl methyl sites for hydroxylation is 1. The summed E-state index contributed by atoms with van der Waals surface area (Å²) in [6.07, 6.45) is 0.977. The maximum Gasteiger partial charge on any atom is 0.287 e. The molecule has 1 unspecified atom stereocenters. The standard InChI is InChI=1S/C14H16N2O2.ClH/c1-9-11-4-2-3-5-12(11)18-13(9)14(17)16-10-6-7-15-8-10;/h2-5,10,15H,6-8H2,1H3,(H,16,17);1H. The fourth-order valence-corrected chi connectivity index (χ4v) is 2.42. The molecule has 1 atom stereocenters. The van der Waals surface area contributed by atoms with Gasteiger partial charge < -0.3 is 15.1 Å². The van der Waals surface area contributed by atoms with E-state index in [9.17, 15) is 4.79 Å². The zero-order valence-corrected chi connectivity index (χ0v) is 11.5. The molecule has 1 aliphatic rings. The molecule has 1 fully saturated rings.